The molecular weight excluding hydrogens is 432 g/mol. The number of amides is 4. The van der Waals surface area contributed by atoms with Crippen molar-refractivity contribution in [1.82, 2.24) is 9.21 Å². The lowest BCUT2D eigenvalue weighted by atomic mass is 10.1. The molecule has 2 fully saturated rings. The van der Waals surface area contributed by atoms with E-state index in [4.69, 9.17) is 0 Å². The zero-order chi connectivity index (χ0) is 22.5. The van der Waals surface area contributed by atoms with Crippen LogP contribution in [0.25, 0.3) is 0 Å². The van der Waals surface area contributed by atoms with Crippen molar-refractivity contribution in [1.29, 1.82) is 0 Å². The minimum atomic E-state index is -3.95. The summed E-state index contributed by atoms with van der Waals surface area (Å²) in [7, 11) is -3.95. The number of para-hydroxylation sites is 2. The fourth-order valence-electron chi connectivity index (χ4n) is 4.07. The summed E-state index contributed by atoms with van der Waals surface area (Å²) < 4.78 is 26.6. The molecule has 1 saturated carbocycles. The molecule has 2 aromatic carbocycles. The number of urea groups is 1. The monoisotopic (exact) mass is 454 g/mol. The van der Waals surface area contributed by atoms with E-state index in [1.807, 2.05) is 0 Å². The minimum absolute atomic E-state index is 0.0896. The molecule has 2 N–H and O–H groups in total. The van der Waals surface area contributed by atoms with Gasteiger partial charge in [0.05, 0.1) is 16.9 Å². The number of benzene rings is 2. The summed E-state index contributed by atoms with van der Waals surface area (Å²) in [5.74, 6) is -1.08. The molecule has 0 aromatic heterocycles. The van der Waals surface area contributed by atoms with E-state index >= 15 is 0 Å². The van der Waals surface area contributed by atoms with E-state index < -0.39 is 21.8 Å². The number of carbonyl (C=O) groups excluding carboxylic acids is 3. The van der Waals surface area contributed by atoms with Crippen LogP contribution in [0, 0.1) is 0 Å². The Hall–Kier alpha value is -3.40. The number of hydrogen-bond acceptors (Lipinski definition) is 5. The summed E-state index contributed by atoms with van der Waals surface area (Å²) in [6.45, 7) is 1.39. The first-order valence-electron chi connectivity index (χ1n) is 10.6. The van der Waals surface area contributed by atoms with Gasteiger partial charge in [-0.05, 0) is 56.0 Å². The Bertz CT molecular complexity index is 1230. The normalized spacial score (nSPS) is 19.1. The number of rotatable bonds is 4. The first-order chi connectivity index (χ1) is 15.4. The maximum atomic E-state index is 12.9. The van der Waals surface area contributed by atoms with Crippen molar-refractivity contribution >= 4 is 39.2 Å². The Kier molecular flexibility index (Phi) is 4.89. The summed E-state index contributed by atoms with van der Waals surface area (Å²) >= 11 is 0. The molecule has 1 saturated heterocycles. The number of sulfonamides is 1. The number of nitrogens with zero attached hydrogens (tertiary/aromatic N) is 2. The Labute approximate surface area is 185 Å². The van der Waals surface area contributed by atoms with E-state index in [-0.39, 0.29) is 28.1 Å². The number of fused-ring (bicyclic) bond motifs is 1. The van der Waals surface area contributed by atoms with Gasteiger partial charge in [-0.25, -0.2) is 17.5 Å². The van der Waals surface area contributed by atoms with Crippen LogP contribution in [0.15, 0.2) is 47.4 Å². The van der Waals surface area contributed by atoms with E-state index in [9.17, 15) is 22.8 Å². The lowest BCUT2D eigenvalue weighted by molar-refractivity contribution is 0.0864. The first-order valence-corrected chi connectivity index (χ1v) is 12.0. The van der Waals surface area contributed by atoms with Gasteiger partial charge in [0.25, 0.3) is 21.8 Å². The molecule has 32 heavy (non-hydrogen) atoms. The van der Waals surface area contributed by atoms with Gasteiger partial charge >= 0.3 is 6.03 Å². The van der Waals surface area contributed by atoms with E-state index in [0.717, 1.165) is 17.1 Å². The predicted octanol–water partition coefficient (Wildman–Crippen LogP) is 2.87. The van der Waals surface area contributed by atoms with Gasteiger partial charge in [0.15, 0.2) is 0 Å². The molecule has 2 aromatic rings. The molecule has 0 atom stereocenters. The van der Waals surface area contributed by atoms with Crippen molar-refractivity contribution in [2.75, 3.05) is 23.7 Å². The average molecular weight is 455 g/mol. The Morgan fingerprint density at radius 1 is 0.938 bits per heavy atom. The van der Waals surface area contributed by atoms with Gasteiger partial charge in [0.1, 0.15) is 4.90 Å². The van der Waals surface area contributed by atoms with Gasteiger partial charge in [0.2, 0.25) is 0 Å². The molecule has 0 spiro atoms. The summed E-state index contributed by atoms with van der Waals surface area (Å²) in [6, 6.07) is 10.3. The van der Waals surface area contributed by atoms with E-state index in [1.165, 1.54) is 18.2 Å². The molecular formula is C22H22N4O5S. The van der Waals surface area contributed by atoms with Crippen LogP contribution in [0.5, 0.6) is 0 Å². The standard InChI is InChI=1S/C22H22N4O5S/c27-20(23-17-5-1-2-6-18(17)24-22(29)25-11-3-4-12-25)14-7-10-16-19(13-14)32(30,31)26(21(16)28)15-8-9-15/h1-2,5-7,10,13,15H,3-4,8-9,11-12H2,(H,23,27)(H,24,29). The van der Waals surface area contributed by atoms with Crippen LogP contribution in [0.3, 0.4) is 0 Å². The first kappa shape index (κ1) is 20.5. The van der Waals surface area contributed by atoms with E-state index in [1.54, 1.807) is 29.2 Å². The predicted molar refractivity (Wildman–Crippen MR) is 117 cm³/mol. The van der Waals surface area contributed by atoms with Gasteiger partial charge in [-0.15, -0.1) is 0 Å². The molecule has 9 nitrogen and oxygen atoms in total. The molecule has 4 amide bonds. The van der Waals surface area contributed by atoms with Crippen LogP contribution >= 0.6 is 0 Å². The smallest absolute Gasteiger partial charge is 0.321 e. The number of likely N-dealkylation sites (tertiary alicyclic amines) is 1. The summed E-state index contributed by atoms with van der Waals surface area (Å²) in [5, 5.41) is 5.55. The average Bonchev–Trinajstić information content (AvgIpc) is 3.38. The van der Waals surface area contributed by atoms with Crippen LogP contribution in [-0.2, 0) is 10.0 Å². The maximum Gasteiger partial charge on any atom is 0.321 e. The highest BCUT2D eigenvalue weighted by molar-refractivity contribution is 7.90. The molecule has 5 rings (SSSR count). The topological polar surface area (TPSA) is 116 Å². The maximum absolute atomic E-state index is 12.9. The van der Waals surface area contributed by atoms with Crippen LogP contribution in [0.1, 0.15) is 46.4 Å². The van der Waals surface area contributed by atoms with Crippen LogP contribution in [0.4, 0.5) is 16.2 Å². The van der Waals surface area contributed by atoms with Crippen molar-refractivity contribution in [3.8, 4) is 0 Å². The van der Waals surface area contributed by atoms with E-state index in [2.05, 4.69) is 10.6 Å². The molecule has 1 aliphatic carbocycles. The van der Waals surface area contributed by atoms with Gasteiger partial charge in [-0.3, -0.25) is 9.59 Å². The van der Waals surface area contributed by atoms with Gasteiger partial charge in [0, 0.05) is 24.7 Å². The van der Waals surface area contributed by atoms with Crippen LogP contribution in [0.2, 0.25) is 0 Å². The molecule has 10 heteroatoms. The number of hydrogen-bond donors (Lipinski definition) is 2. The van der Waals surface area contributed by atoms with Crippen molar-refractivity contribution in [2.24, 2.45) is 0 Å². The third-order valence-electron chi connectivity index (χ3n) is 5.90. The van der Waals surface area contributed by atoms with Crippen molar-refractivity contribution in [2.45, 2.75) is 36.6 Å². The molecule has 0 bridgehead atoms. The van der Waals surface area contributed by atoms with Crippen LogP contribution < -0.4 is 10.6 Å². The third-order valence-corrected chi connectivity index (χ3v) is 7.78. The van der Waals surface area contributed by atoms with Gasteiger partial charge in [-0.1, -0.05) is 12.1 Å². The Morgan fingerprint density at radius 2 is 1.59 bits per heavy atom. The van der Waals surface area contributed by atoms with E-state index in [0.29, 0.717) is 37.3 Å². The fourth-order valence-corrected chi connectivity index (χ4v) is 5.91. The van der Waals surface area contributed by atoms with Gasteiger partial charge < -0.3 is 15.5 Å². The molecule has 2 aliphatic heterocycles. The zero-order valence-corrected chi connectivity index (χ0v) is 18.0. The lowest BCUT2D eigenvalue weighted by Crippen LogP contribution is -2.32. The summed E-state index contributed by atoms with van der Waals surface area (Å²) in [4.78, 5) is 39.4. The van der Waals surface area contributed by atoms with Crippen molar-refractivity contribution in [3.05, 3.63) is 53.6 Å². The second-order valence-electron chi connectivity index (χ2n) is 8.17. The number of nitrogens with one attached hydrogen (secondary N) is 2. The Morgan fingerprint density at radius 3 is 2.25 bits per heavy atom. The van der Waals surface area contributed by atoms with Crippen molar-refractivity contribution in [3.63, 3.8) is 0 Å². The summed E-state index contributed by atoms with van der Waals surface area (Å²) in [6.07, 6.45) is 3.25. The second kappa shape index (κ2) is 7.63. The highest BCUT2D eigenvalue weighted by Crippen LogP contribution is 2.39. The number of carbonyl (C=O) groups is 3. The zero-order valence-electron chi connectivity index (χ0n) is 17.2. The van der Waals surface area contributed by atoms with Crippen molar-refractivity contribution < 1.29 is 22.8 Å². The SMILES string of the molecule is O=C(Nc1ccccc1NC(=O)N1CCCC1)c1ccc2c(c1)S(=O)(=O)N(C1CC1)C2=O. The largest absolute Gasteiger partial charge is 0.325 e. The van der Waals surface area contributed by atoms with Gasteiger partial charge in [-0.2, -0.15) is 0 Å². The second-order valence-corrected chi connectivity index (χ2v) is 9.96. The minimum Gasteiger partial charge on any atom is -0.325 e. The van der Waals surface area contributed by atoms with Crippen LogP contribution in [-0.4, -0.2) is 54.6 Å². The molecule has 0 radical (unpaired) electrons. The fraction of sp³-hybridized carbons (Fsp3) is 0.318. The third kappa shape index (κ3) is 3.50. The molecule has 3 aliphatic rings. The number of anilines is 2. The highest BCUT2D eigenvalue weighted by atomic mass is 32.2. The Balaban J connectivity index is 1.37. The summed E-state index contributed by atoms with van der Waals surface area (Å²) in [5.41, 5.74) is 1.04. The molecule has 166 valence electrons. The quantitative estimate of drug-likeness (QED) is 0.737. The highest BCUT2D eigenvalue weighted by Gasteiger charge is 2.48. The molecule has 2 heterocycles. The molecule has 0 unspecified atom stereocenters. The lowest BCUT2D eigenvalue weighted by Gasteiger charge is -2.18.